The van der Waals surface area contributed by atoms with Crippen LogP contribution in [0.3, 0.4) is 0 Å². The first-order chi connectivity index (χ1) is 15.9. The maximum absolute atomic E-state index is 15.0. The van der Waals surface area contributed by atoms with E-state index < -0.39 is 35.4 Å². The summed E-state index contributed by atoms with van der Waals surface area (Å²) in [7, 11) is 0. The van der Waals surface area contributed by atoms with Crippen LogP contribution in [0.1, 0.15) is 46.2 Å². The van der Waals surface area contributed by atoms with E-state index in [-0.39, 0.29) is 55.9 Å². The van der Waals surface area contributed by atoms with Crippen molar-refractivity contribution >= 4 is 34.6 Å². The van der Waals surface area contributed by atoms with E-state index in [0.717, 1.165) is 0 Å². The van der Waals surface area contributed by atoms with Gasteiger partial charge in [-0.3, -0.25) is 9.59 Å². The summed E-state index contributed by atoms with van der Waals surface area (Å²) in [6.07, 6.45) is -0.801. The first-order valence-corrected chi connectivity index (χ1v) is 11.1. The number of hydrogen-bond donors (Lipinski definition) is 1. The van der Waals surface area contributed by atoms with Crippen molar-refractivity contribution in [2.24, 2.45) is 5.92 Å². The zero-order valence-electron chi connectivity index (χ0n) is 19.7. The van der Waals surface area contributed by atoms with E-state index in [0.29, 0.717) is 5.39 Å². The average Bonchev–Trinajstić information content (AvgIpc) is 3.16. The number of carbonyl (C=O) groups excluding carboxylic acids is 3. The lowest BCUT2D eigenvalue weighted by Gasteiger charge is -2.35. The number of piperidine rings is 1. The SMILES string of the molecule is CCOC(=O)Cc1noc2c(NC(=O)C(F)(F)C3CCN(C(=O)OC(C)(C)C)CC3)cccc12. The van der Waals surface area contributed by atoms with Crippen molar-refractivity contribution in [1.29, 1.82) is 0 Å². The Labute approximate surface area is 195 Å². The van der Waals surface area contributed by atoms with Crippen LogP contribution < -0.4 is 5.32 Å². The summed E-state index contributed by atoms with van der Waals surface area (Å²) >= 11 is 0. The van der Waals surface area contributed by atoms with Gasteiger partial charge >= 0.3 is 18.0 Å². The third-order valence-corrected chi connectivity index (χ3v) is 5.40. The highest BCUT2D eigenvalue weighted by atomic mass is 19.3. The number of carbonyl (C=O) groups is 3. The molecule has 2 heterocycles. The predicted octanol–water partition coefficient (Wildman–Crippen LogP) is 4.15. The molecule has 2 amide bonds. The number of nitrogens with one attached hydrogen (secondary N) is 1. The summed E-state index contributed by atoms with van der Waals surface area (Å²) in [4.78, 5) is 37.8. The van der Waals surface area contributed by atoms with Gasteiger partial charge in [0.05, 0.1) is 18.7 Å². The van der Waals surface area contributed by atoms with Crippen molar-refractivity contribution in [2.45, 2.75) is 58.5 Å². The highest BCUT2D eigenvalue weighted by molar-refractivity contribution is 6.03. The topological polar surface area (TPSA) is 111 Å². The molecule has 9 nitrogen and oxygen atoms in total. The molecule has 186 valence electrons. The Morgan fingerprint density at radius 2 is 1.88 bits per heavy atom. The molecule has 0 atom stereocenters. The molecule has 1 fully saturated rings. The molecular formula is C23H29F2N3O6. The number of rotatable bonds is 6. The molecule has 1 aromatic heterocycles. The molecule has 0 unspecified atom stereocenters. The molecule has 11 heteroatoms. The van der Waals surface area contributed by atoms with Crippen molar-refractivity contribution < 1.29 is 37.2 Å². The van der Waals surface area contributed by atoms with Crippen molar-refractivity contribution in [2.75, 3.05) is 25.0 Å². The van der Waals surface area contributed by atoms with E-state index in [1.54, 1.807) is 39.8 Å². The van der Waals surface area contributed by atoms with Gasteiger partial charge in [-0.05, 0) is 52.7 Å². The third kappa shape index (κ3) is 5.81. The van der Waals surface area contributed by atoms with Gasteiger partial charge in [0.25, 0.3) is 5.91 Å². The second-order valence-corrected chi connectivity index (χ2v) is 9.11. The van der Waals surface area contributed by atoms with Crippen LogP contribution in [-0.2, 0) is 25.5 Å². The monoisotopic (exact) mass is 481 g/mol. The number of fused-ring (bicyclic) bond motifs is 1. The molecule has 0 spiro atoms. The van der Waals surface area contributed by atoms with Crippen LogP contribution in [-0.4, -0.2) is 59.2 Å². The Morgan fingerprint density at radius 1 is 1.21 bits per heavy atom. The van der Waals surface area contributed by atoms with Crippen LogP contribution >= 0.6 is 0 Å². The van der Waals surface area contributed by atoms with Gasteiger partial charge in [0, 0.05) is 24.4 Å². The highest BCUT2D eigenvalue weighted by Gasteiger charge is 2.48. The molecule has 0 bridgehead atoms. The molecule has 34 heavy (non-hydrogen) atoms. The Hall–Kier alpha value is -3.24. The molecule has 0 saturated carbocycles. The number of nitrogens with zero attached hydrogens (tertiary/aromatic N) is 2. The minimum absolute atomic E-state index is 0.0241. The zero-order valence-corrected chi connectivity index (χ0v) is 19.7. The van der Waals surface area contributed by atoms with E-state index in [9.17, 15) is 23.2 Å². The van der Waals surface area contributed by atoms with Gasteiger partial charge in [-0.25, -0.2) is 4.79 Å². The number of anilines is 1. The van der Waals surface area contributed by atoms with Crippen LogP contribution in [0.25, 0.3) is 11.0 Å². The highest BCUT2D eigenvalue weighted by Crippen LogP contribution is 2.36. The summed E-state index contributed by atoms with van der Waals surface area (Å²) < 4.78 is 45.4. The van der Waals surface area contributed by atoms with E-state index in [4.69, 9.17) is 14.0 Å². The van der Waals surface area contributed by atoms with Gasteiger partial charge < -0.3 is 24.2 Å². The minimum atomic E-state index is -3.67. The number of amides is 2. The van der Waals surface area contributed by atoms with Crippen molar-refractivity contribution in [1.82, 2.24) is 10.1 Å². The van der Waals surface area contributed by atoms with Gasteiger partial charge in [-0.2, -0.15) is 8.78 Å². The lowest BCUT2D eigenvalue weighted by molar-refractivity contribution is -0.150. The molecule has 0 aliphatic carbocycles. The fourth-order valence-corrected chi connectivity index (χ4v) is 3.73. The molecule has 1 aliphatic rings. The Bertz CT molecular complexity index is 1050. The largest absolute Gasteiger partial charge is 0.466 e. The maximum Gasteiger partial charge on any atom is 0.410 e. The van der Waals surface area contributed by atoms with Crippen molar-refractivity contribution in [3.63, 3.8) is 0 Å². The number of esters is 1. The molecular weight excluding hydrogens is 452 g/mol. The van der Waals surface area contributed by atoms with Gasteiger partial charge in [0.15, 0.2) is 5.58 Å². The van der Waals surface area contributed by atoms with Crippen LogP contribution in [0.15, 0.2) is 22.7 Å². The first kappa shape index (κ1) is 25.4. The Balaban J connectivity index is 1.66. The van der Waals surface area contributed by atoms with Crippen LogP contribution in [0, 0.1) is 5.92 Å². The van der Waals surface area contributed by atoms with Crippen LogP contribution in [0.2, 0.25) is 0 Å². The molecule has 1 N–H and O–H groups in total. The van der Waals surface area contributed by atoms with Crippen molar-refractivity contribution in [3.05, 3.63) is 23.9 Å². The second kappa shape index (κ2) is 9.94. The lowest BCUT2D eigenvalue weighted by atomic mass is 9.90. The number of halogens is 2. The molecule has 1 aliphatic heterocycles. The average molecular weight is 481 g/mol. The molecule has 1 aromatic carbocycles. The van der Waals surface area contributed by atoms with Gasteiger partial charge in [-0.1, -0.05) is 11.2 Å². The number of benzene rings is 1. The number of likely N-dealkylation sites (tertiary alicyclic amines) is 1. The number of para-hydroxylation sites is 1. The maximum atomic E-state index is 15.0. The van der Waals surface area contributed by atoms with Gasteiger partial charge in [-0.15, -0.1) is 0 Å². The minimum Gasteiger partial charge on any atom is -0.466 e. The summed E-state index contributed by atoms with van der Waals surface area (Å²) in [5.74, 6) is -6.88. The molecule has 3 rings (SSSR count). The second-order valence-electron chi connectivity index (χ2n) is 9.11. The third-order valence-electron chi connectivity index (χ3n) is 5.40. The van der Waals surface area contributed by atoms with Gasteiger partial charge in [0.1, 0.15) is 11.3 Å². The van der Waals surface area contributed by atoms with E-state index in [1.807, 2.05) is 0 Å². The molecule has 2 aromatic rings. The zero-order chi connectivity index (χ0) is 25.1. The number of hydrogen-bond acceptors (Lipinski definition) is 7. The fourth-order valence-electron chi connectivity index (χ4n) is 3.73. The summed E-state index contributed by atoms with van der Waals surface area (Å²) in [6.45, 7) is 7.20. The Kier molecular flexibility index (Phi) is 7.42. The quantitative estimate of drug-likeness (QED) is 0.617. The normalized spacial score (nSPS) is 15.3. The van der Waals surface area contributed by atoms with E-state index in [2.05, 4.69) is 10.5 Å². The summed E-state index contributed by atoms with van der Waals surface area (Å²) in [5.41, 5.74) is -0.289. The smallest absolute Gasteiger partial charge is 0.410 e. The van der Waals surface area contributed by atoms with Gasteiger partial charge in [0.2, 0.25) is 0 Å². The predicted molar refractivity (Wildman–Crippen MR) is 118 cm³/mol. The van der Waals surface area contributed by atoms with Crippen LogP contribution in [0.5, 0.6) is 0 Å². The van der Waals surface area contributed by atoms with Crippen molar-refractivity contribution in [3.8, 4) is 0 Å². The lowest BCUT2D eigenvalue weighted by Crippen LogP contribution is -2.49. The Morgan fingerprint density at radius 3 is 2.50 bits per heavy atom. The summed E-state index contributed by atoms with van der Waals surface area (Å²) in [6, 6.07) is 4.57. The standard InChI is InChI=1S/C23H29F2N3O6/c1-5-32-18(29)13-17-15-7-6-8-16(19(15)34-27-17)26-20(30)23(24,25)14-9-11-28(12-10-14)21(31)33-22(2,3)4/h6-8,14H,5,9-13H2,1-4H3,(H,26,30). The first-order valence-electron chi connectivity index (χ1n) is 11.1. The fraction of sp³-hybridized carbons (Fsp3) is 0.565. The number of aromatic nitrogens is 1. The number of ether oxygens (including phenoxy) is 2. The summed E-state index contributed by atoms with van der Waals surface area (Å²) in [5, 5.41) is 6.48. The van der Waals surface area contributed by atoms with E-state index >= 15 is 0 Å². The number of alkyl halides is 2. The molecule has 0 radical (unpaired) electrons. The molecule has 1 saturated heterocycles. The van der Waals surface area contributed by atoms with E-state index in [1.165, 1.54) is 11.0 Å². The van der Waals surface area contributed by atoms with Crippen LogP contribution in [0.4, 0.5) is 19.3 Å².